The van der Waals surface area contributed by atoms with E-state index in [9.17, 15) is 4.79 Å². The van der Waals surface area contributed by atoms with Crippen molar-refractivity contribution in [3.63, 3.8) is 0 Å². The van der Waals surface area contributed by atoms with Gasteiger partial charge in [-0.25, -0.2) is 0 Å². The maximum atomic E-state index is 10.8. The van der Waals surface area contributed by atoms with Crippen LogP contribution in [0.3, 0.4) is 0 Å². The molecule has 0 radical (unpaired) electrons. The van der Waals surface area contributed by atoms with E-state index in [-0.39, 0.29) is 21.3 Å². The van der Waals surface area contributed by atoms with E-state index < -0.39 is 5.97 Å². The summed E-state index contributed by atoms with van der Waals surface area (Å²) >= 11 is -0.123. The Morgan fingerprint density at radius 3 is 2.73 bits per heavy atom. The molecule has 1 aliphatic rings. The van der Waals surface area contributed by atoms with Gasteiger partial charge in [0.1, 0.15) is 0 Å². The number of benzene rings is 1. The first kappa shape index (κ1) is 8.83. The van der Waals surface area contributed by atoms with Crippen LogP contribution in [-0.4, -0.2) is 32.4 Å². The maximum absolute atomic E-state index is 10.8. The van der Waals surface area contributed by atoms with E-state index in [1.807, 2.05) is 12.1 Å². The Balaban J connectivity index is 2.24. The van der Waals surface area contributed by atoms with Crippen LogP contribution >= 0.6 is 0 Å². The van der Waals surface area contributed by atoms with Crippen LogP contribution in [0, 0.1) is 0 Å². The van der Waals surface area contributed by atoms with Gasteiger partial charge in [-0.1, -0.05) is 0 Å². The second-order valence-electron chi connectivity index (χ2n) is 3.16. The summed E-state index contributed by atoms with van der Waals surface area (Å²) in [6, 6.07) is 5.43. The SMILES string of the molecule is O=C(O)c1cc2cc3c(cc2[se]1)OCO3. The zero-order valence-electron chi connectivity index (χ0n) is 7.52. The van der Waals surface area contributed by atoms with E-state index in [1.165, 1.54) is 0 Å². The molecule has 0 amide bonds. The zero-order valence-corrected chi connectivity index (χ0v) is 9.23. The summed E-state index contributed by atoms with van der Waals surface area (Å²) in [7, 11) is 0. The molecule has 1 aliphatic heterocycles. The Morgan fingerprint density at radius 1 is 1.27 bits per heavy atom. The summed E-state index contributed by atoms with van der Waals surface area (Å²) in [4.78, 5) is 10.8. The van der Waals surface area contributed by atoms with E-state index in [0.29, 0.717) is 10.2 Å². The van der Waals surface area contributed by atoms with Crippen LogP contribution in [0.25, 0.3) is 9.65 Å². The molecule has 0 spiro atoms. The van der Waals surface area contributed by atoms with Crippen LogP contribution in [0.5, 0.6) is 11.5 Å². The summed E-state index contributed by atoms with van der Waals surface area (Å²) in [6.45, 7) is 0.251. The van der Waals surface area contributed by atoms with E-state index in [4.69, 9.17) is 14.6 Å². The van der Waals surface area contributed by atoms with Gasteiger partial charge in [-0.15, -0.1) is 0 Å². The fraction of sp³-hybridized carbons (Fsp3) is 0.100. The average molecular weight is 269 g/mol. The summed E-state index contributed by atoms with van der Waals surface area (Å²) in [6.07, 6.45) is 0. The Morgan fingerprint density at radius 2 is 2.00 bits per heavy atom. The molecule has 0 fully saturated rings. The summed E-state index contributed by atoms with van der Waals surface area (Å²) in [5.74, 6) is 0.580. The summed E-state index contributed by atoms with van der Waals surface area (Å²) < 4.78 is 12.0. The molecule has 15 heavy (non-hydrogen) atoms. The third kappa shape index (κ3) is 1.32. The van der Waals surface area contributed by atoms with Crippen molar-refractivity contribution in [2.45, 2.75) is 0 Å². The van der Waals surface area contributed by atoms with Gasteiger partial charge in [-0.2, -0.15) is 0 Å². The second kappa shape index (κ2) is 3.02. The molecule has 4 nitrogen and oxygen atoms in total. The van der Waals surface area contributed by atoms with Gasteiger partial charge >= 0.3 is 90.4 Å². The first-order valence-electron chi connectivity index (χ1n) is 4.30. The van der Waals surface area contributed by atoms with Gasteiger partial charge in [0.05, 0.1) is 0 Å². The third-order valence-electron chi connectivity index (χ3n) is 2.22. The topological polar surface area (TPSA) is 55.8 Å². The molecular formula is C10H6O4Se. The molecule has 2 aromatic rings. The van der Waals surface area contributed by atoms with Crippen molar-refractivity contribution in [2.24, 2.45) is 0 Å². The normalized spacial score (nSPS) is 13.3. The molecule has 0 bridgehead atoms. The number of carboxylic acids is 1. The van der Waals surface area contributed by atoms with Gasteiger partial charge in [0.2, 0.25) is 0 Å². The summed E-state index contributed by atoms with van der Waals surface area (Å²) in [5.41, 5.74) is 0. The van der Waals surface area contributed by atoms with Gasteiger partial charge in [0.25, 0.3) is 0 Å². The molecule has 3 rings (SSSR count). The number of fused-ring (bicyclic) bond motifs is 2. The number of hydrogen-bond donors (Lipinski definition) is 1. The minimum absolute atomic E-state index is 0.123. The Labute approximate surface area is 90.8 Å². The number of carboxylic acid groups (broad SMARTS) is 1. The van der Waals surface area contributed by atoms with Crippen molar-refractivity contribution in [1.29, 1.82) is 0 Å². The average Bonchev–Trinajstić information content (AvgIpc) is 2.77. The number of carbonyl (C=O) groups is 1. The Kier molecular flexibility index (Phi) is 1.78. The van der Waals surface area contributed by atoms with E-state index in [2.05, 4.69) is 0 Å². The van der Waals surface area contributed by atoms with Gasteiger partial charge in [0, 0.05) is 0 Å². The molecule has 0 atom stereocenters. The molecule has 1 aromatic heterocycles. The fourth-order valence-corrected chi connectivity index (χ4v) is 3.45. The van der Waals surface area contributed by atoms with Crippen LogP contribution in [0.2, 0.25) is 0 Å². The monoisotopic (exact) mass is 270 g/mol. The van der Waals surface area contributed by atoms with Crippen LogP contribution in [0.15, 0.2) is 18.2 Å². The quantitative estimate of drug-likeness (QED) is 0.793. The summed E-state index contributed by atoms with van der Waals surface area (Å²) in [5, 5.41) is 9.82. The van der Waals surface area contributed by atoms with Crippen molar-refractivity contribution in [1.82, 2.24) is 0 Å². The zero-order chi connectivity index (χ0) is 10.4. The molecule has 0 unspecified atom stereocenters. The molecular weight excluding hydrogens is 263 g/mol. The van der Waals surface area contributed by atoms with Gasteiger partial charge in [0.15, 0.2) is 0 Å². The van der Waals surface area contributed by atoms with E-state index >= 15 is 0 Å². The molecule has 1 N–H and O–H groups in total. The Hall–Kier alpha value is -1.45. The minimum atomic E-state index is -0.840. The molecule has 76 valence electrons. The van der Waals surface area contributed by atoms with Crippen LogP contribution in [-0.2, 0) is 0 Å². The standard InChI is InChI=1S/C10H6O4Se/c11-10(12)9-2-5-1-6-7(14-4-13-6)3-8(5)15-9/h1-3H,4H2,(H,11,12). The molecule has 0 aliphatic carbocycles. The van der Waals surface area contributed by atoms with E-state index in [0.717, 1.165) is 15.4 Å². The molecule has 2 heterocycles. The molecule has 5 heteroatoms. The van der Waals surface area contributed by atoms with Crippen LogP contribution < -0.4 is 9.47 Å². The fourth-order valence-electron chi connectivity index (χ4n) is 1.53. The van der Waals surface area contributed by atoms with E-state index in [1.54, 1.807) is 6.07 Å². The van der Waals surface area contributed by atoms with Crippen molar-refractivity contribution >= 4 is 30.1 Å². The van der Waals surface area contributed by atoms with Gasteiger partial charge < -0.3 is 0 Å². The first-order valence-corrected chi connectivity index (χ1v) is 6.02. The molecule has 0 saturated heterocycles. The van der Waals surface area contributed by atoms with Crippen LogP contribution in [0.4, 0.5) is 0 Å². The molecule has 1 aromatic carbocycles. The van der Waals surface area contributed by atoms with Crippen molar-refractivity contribution in [2.75, 3.05) is 6.79 Å². The number of ether oxygens (including phenoxy) is 2. The Bertz CT molecular complexity index is 517. The third-order valence-corrected chi connectivity index (χ3v) is 4.50. The van der Waals surface area contributed by atoms with Gasteiger partial charge in [-0.05, 0) is 0 Å². The first-order chi connectivity index (χ1) is 7.24. The van der Waals surface area contributed by atoms with Crippen molar-refractivity contribution < 1.29 is 19.4 Å². The predicted molar refractivity (Wildman–Crippen MR) is 54.0 cm³/mol. The number of rotatable bonds is 1. The second-order valence-corrected chi connectivity index (χ2v) is 5.43. The molecule has 0 saturated carbocycles. The number of aromatic carboxylic acids is 1. The van der Waals surface area contributed by atoms with Gasteiger partial charge in [-0.3, -0.25) is 0 Å². The predicted octanol–water partition coefficient (Wildman–Crippen LogP) is 1.32. The van der Waals surface area contributed by atoms with Crippen molar-refractivity contribution in [3.8, 4) is 11.5 Å². The van der Waals surface area contributed by atoms with Crippen molar-refractivity contribution in [3.05, 3.63) is 22.6 Å². The number of hydrogen-bond acceptors (Lipinski definition) is 3. The van der Waals surface area contributed by atoms with Crippen LogP contribution in [0.1, 0.15) is 9.23 Å².